The highest BCUT2D eigenvalue weighted by molar-refractivity contribution is 5.80. The van der Waals surface area contributed by atoms with E-state index in [1.165, 1.54) is 10.9 Å². The van der Waals surface area contributed by atoms with E-state index in [9.17, 15) is 9.18 Å². The lowest BCUT2D eigenvalue weighted by Crippen LogP contribution is -2.64. The van der Waals surface area contributed by atoms with Crippen LogP contribution in [0.5, 0.6) is 0 Å². The van der Waals surface area contributed by atoms with Gasteiger partial charge in [-0.3, -0.25) is 9.89 Å². The maximum absolute atomic E-state index is 13.2. The number of rotatable bonds is 7. The Morgan fingerprint density at radius 2 is 1.97 bits per heavy atom. The van der Waals surface area contributed by atoms with Crippen molar-refractivity contribution in [3.05, 3.63) is 65.6 Å². The zero-order chi connectivity index (χ0) is 26.4. The molecule has 38 heavy (non-hydrogen) atoms. The van der Waals surface area contributed by atoms with Gasteiger partial charge in [0.25, 0.3) is 0 Å². The molecular weight excluding hydrogens is 487 g/mol. The van der Waals surface area contributed by atoms with E-state index in [2.05, 4.69) is 45.8 Å². The summed E-state index contributed by atoms with van der Waals surface area (Å²) in [6.07, 6.45) is 5.80. The van der Waals surface area contributed by atoms with Gasteiger partial charge in [-0.25, -0.2) is 19.0 Å². The molecule has 1 saturated carbocycles. The molecule has 0 radical (unpaired) electrons. The SMILES string of the molecule is Cc1cc(Nc2cc(C)[nH]n2)nc(N2CC3(CC(C(=O)N[C@@H](C)c4ccc(-n5cc(F)cn5)nc4)C3)C2)n1. The van der Waals surface area contributed by atoms with Crippen LogP contribution >= 0.6 is 0 Å². The number of amides is 1. The van der Waals surface area contributed by atoms with Gasteiger partial charge >= 0.3 is 0 Å². The molecule has 1 aliphatic carbocycles. The number of anilines is 3. The highest BCUT2D eigenvalue weighted by atomic mass is 19.1. The molecule has 1 saturated heterocycles. The molecular formula is C26H29FN10O. The molecule has 3 N–H and O–H groups in total. The van der Waals surface area contributed by atoms with Crippen LogP contribution in [0.3, 0.4) is 0 Å². The van der Waals surface area contributed by atoms with Crippen molar-refractivity contribution in [2.45, 2.75) is 39.7 Å². The minimum atomic E-state index is -0.419. The van der Waals surface area contributed by atoms with Crippen molar-refractivity contribution in [2.75, 3.05) is 23.3 Å². The smallest absolute Gasteiger partial charge is 0.227 e. The van der Waals surface area contributed by atoms with Crippen molar-refractivity contribution in [1.29, 1.82) is 0 Å². The average Bonchev–Trinajstić information content (AvgIpc) is 3.44. The molecule has 2 aliphatic rings. The Kier molecular flexibility index (Phi) is 5.81. The minimum absolute atomic E-state index is 0.00237. The molecule has 0 unspecified atom stereocenters. The third-order valence-electron chi connectivity index (χ3n) is 7.28. The van der Waals surface area contributed by atoms with Gasteiger partial charge in [0.1, 0.15) is 5.82 Å². The normalized spacial score (nSPS) is 17.1. The molecule has 1 spiro atoms. The predicted molar refractivity (Wildman–Crippen MR) is 139 cm³/mol. The summed E-state index contributed by atoms with van der Waals surface area (Å²) in [4.78, 5) is 28.7. The van der Waals surface area contributed by atoms with Crippen LogP contribution in [0.15, 0.2) is 42.9 Å². The van der Waals surface area contributed by atoms with Crippen LogP contribution in [0, 0.1) is 31.0 Å². The first-order valence-electron chi connectivity index (χ1n) is 12.6. The number of aromatic amines is 1. The number of pyridine rings is 1. The summed E-state index contributed by atoms with van der Waals surface area (Å²) in [6, 6.07) is 7.27. The standard InChI is InChI=1S/C26H29FN10O/c1-15-6-21(32-22-7-16(2)34-35-22)33-25(30-15)36-13-26(14-36)8-19(9-26)24(38)31-17(3)18-4-5-23(28-10-18)37-12-20(27)11-29-37/h4-7,10-12,17,19H,8-9,13-14H2,1-3H3,(H,31,38)(H2,30,32,33,34,35)/t17-/m0/s1. The first kappa shape index (κ1) is 24.0. The number of carbonyl (C=O) groups is 1. The summed E-state index contributed by atoms with van der Waals surface area (Å²) >= 11 is 0. The van der Waals surface area contributed by atoms with E-state index in [0.717, 1.165) is 49.1 Å². The Balaban J connectivity index is 1.01. The summed E-state index contributed by atoms with van der Waals surface area (Å²) in [5.41, 5.74) is 2.88. The second-order valence-corrected chi connectivity index (χ2v) is 10.5. The van der Waals surface area contributed by atoms with Crippen molar-refractivity contribution in [3.8, 4) is 5.82 Å². The molecule has 196 valence electrons. The van der Waals surface area contributed by atoms with E-state index in [4.69, 9.17) is 0 Å². The molecule has 6 rings (SSSR count). The molecule has 4 aromatic heterocycles. The first-order valence-corrected chi connectivity index (χ1v) is 12.6. The predicted octanol–water partition coefficient (Wildman–Crippen LogP) is 3.37. The summed E-state index contributed by atoms with van der Waals surface area (Å²) in [5.74, 6) is 2.28. The Hall–Kier alpha value is -4.35. The third-order valence-corrected chi connectivity index (χ3v) is 7.28. The van der Waals surface area contributed by atoms with Crippen LogP contribution in [-0.2, 0) is 4.79 Å². The number of aryl methyl sites for hydroxylation is 2. The van der Waals surface area contributed by atoms with E-state index in [1.807, 2.05) is 39.0 Å². The van der Waals surface area contributed by atoms with E-state index < -0.39 is 5.82 Å². The number of hydrogen-bond acceptors (Lipinski definition) is 8. The molecule has 12 heteroatoms. The number of carbonyl (C=O) groups excluding carboxylic acids is 1. The van der Waals surface area contributed by atoms with Crippen molar-refractivity contribution in [3.63, 3.8) is 0 Å². The average molecular weight is 517 g/mol. The number of aromatic nitrogens is 7. The largest absolute Gasteiger partial charge is 0.349 e. The topological polar surface area (TPSA) is 130 Å². The molecule has 5 heterocycles. The second kappa shape index (κ2) is 9.19. The van der Waals surface area contributed by atoms with E-state index in [-0.39, 0.29) is 23.3 Å². The lowest BCUT2D eigenvalue weighted by molar-refractivity contribution is -0.134. The van der Waals surface area contributed by atoms with Crippen molar-refractivity contribution in [1.82, 2.24) is 40.2 Å². The van der Waals surface area contributed by atoms with Gasteiger partial charge in [-0.2, -0.15) is 15.2 Å². The Bertz CT molecular complexity index is 1470. The van der Waals surface area contributed by atoms with E-state index >= 15 is 0 Å². The number of hydrogen-bond donors (Lipinski definition) is 3. The van der Waals surface area contributed by atoms with Gasteiger partial charge < -0.3 is 15.5 Å². The van der Waals surface area contributed by atoms with Crippen molar-refractivity contribution >= 4 is 23.5 Å². The van der Waals surface area contributed by atoms with Gasteiger partial charge in [0.2, 0.25) is 11.9 Å². The number of nitrogens with one attached hydrogen (secondary N) is 3. The Morgan fingerprint density at radius 3 is 2.63 bits per heavy atom. The van der Waals surface area contributed by atoms with E-state index in [0.29, 0.717) is 23.4 Å². The van der Waals surface area contributed by atoms with E-state index in [1.54, 1.807) is 12.3 Å². The summed E-state index contributed by atoms with van der Waals surface area (Å²) < 4.78 is 14.6. The van der Waals surface area contributed by atoms with Crippen LogP contribution in [0.1, 0.15) is 42.8 Å². The minimum Gasteiger partial charge on any atom is -0.349 e. The fourth-order valence-corrected chi connectivity index (χ4v) is 5.34. The lowest BCUT2D eigenvalue weighted by Gasteiger charge is -2.58. The highest BCUT2D eigenvalue weighted by Gasteiger charge is 2.55. The monoisotopic (exact) mass is 516 g/mol. The highest BCUT2D eigenvalue weighted by Crippen LogP contribution is 2.52. The van der Waals surface area contributed by atoms with Crippen LogP contribution in [-0.4, -0.2) is 53.9 Å². The fourth-order valence-electron chi connectivity index (χ4n) is 5.34. The summed E-state index contributed by atoms with van der Waals surface area (Å²) in [7, 11) is 0. The molecule has 4 aromatic rings. The Morgan fingerprint density at radius 1 is 1.16 bits per heavy atom. The number of nitrogens with zero attached hydrogens (tertiary/aromatic N) is 7. The van der Waals surface area contributed by atoms with Gasteiger partial charge in [0, 0.05) is 54.1 Å². The number of H-pyrrole nitrogens is 1. The van der Waals surface area contributed by atoms with Crippen molar-refractivity contribution in [2.24, 2.45) is 11.3 Å². The molecule has 0 bridgehead atoms. The summed E-state index contributed by atoms with van der Waals surface area (Å²) in [6.45, 7) is 7.52. The van der Waals surface area contributed by atoms with Crippen LogP contribution in [0.25, 0.3) is 5.82 Å². The zero-order valence-corrected chi connectivity index (χ0v) is 21.4. The fraction of sp³-hybridized carbons (Fsp3) is 0.385. The lowest BCUT2D eigenvalue weighted by atomic mass is 9.57. The number of halogens is 1. The van der Waals surface area contributed by atoms with Crippen LogP contribution in [0.2, 0.25) is 0 Å². The molecule has 1 aliphatic heterocycles. The van der Waals surface area contributed by atoms with Gasteiger partial charge in [-0.05, 0) is 45.2 Å². The maximum Gasteiger partial charge on any atom is 0.227 e. The quantitative estimate of drug-likeness (QED) is 0.341. The van der Waals surface area contributed by atoms with Crippen LogP contribution in [0.4, 0.5) is 22.0 Å². The van der Waals surface area contributed by atoms with Crippen molar-refractivity contribution < 1.29 is 9.18 Å². The van der Waals surface area contributed by atoms with Crippen LogP contribution < -0.4 is 15.5 Å². The second-order valence-electron chi connectivity index (χ2n) is 10.5. The summed E-state index contributed by atoms with van der Waals surface area (Å²) in [5, 5.41) is 17.4. The third kappa shape index (κ3) is 4.69. The Labute approximate surface area is 218 Å². The molecule has 0 aromatic carbocycles. The maximum atomic E-state index is 13.2. The van der Waals surface area contributed by atoms with Gasteiger partial charge in [-0.1, -0.05) is 6.07 Å². The van der Waals surface area contributed by atoms with Gasteiger partial charge in [0.15, 0.2) is 17.5 Å². The molecule has 1 atom stereocenters. The molecule has 11 nitrogen and oxygen atoms in total. The first-order chi connectivity index (χ1) is 18.2. The van der Waals surface area contributed by atoms with Gasteiger partial charge in [0.05, 0.1) is 18.4 Å². The molecule has 2 fully saturated rings. The zero-order valence-electron chi connectivity index (χ0n) is 21.4. The van der Waals surface area contributed by atoms with Gasteiger partial charge in [-0.15, -0.1) is 0 Å². The molecule has 1 amide bonds.